The third-order valence-electron chi connectivity index (χ3n) is 4.91. The molecule has 0 aliphatic carbocycles. The van der Waals surface area contributed by atoms with Crippen LogP contribution in [0.25, 0.3) is 16.9 Å². The quantitative estimate of drug-likeness (QED) is 0.701. The highest BCUT2D eigenvalue weighted by atomic mass is 35.5. The first kappa shape index (κ1) is 20.9. The number of amides is 1. The highest BCUT2D eigenvalue weighted by Gasteiger charge is 2.24. The lowest BCUT2D eigenvalue weighted by atomic mass is 10.1. The summed E-state index contributed by atoms with van der Waals surface area (Å²) in [4.78, 5) is 19.1. The number of ether oxygens (including phenoxy) is 2. The molecule has 0 spiro atoms. The van der Waals surface area contributed by atoms with E-state index in [-0.39, 0.29) is 24.4 Å². The van der Waals surface area contributed by atoms with Gasteiger partial charge in [0.15, 0.2) is 22.8 Å². The predicted octanol–water partition coefficient (Wildman–Crippen LogP) is 2.27. The Labute approximate surface area is 175 Å². The van der Waals surface area contributed by atoms with Gasteiger partial charge in [0.1, 0.15) is 0 Å². The Morgan fingerprint density at radius 2 is 1.97 bits per heavy atom. The summed E-state index contributed by atoms with van der Waals surface area (Å²) < 4.78 is 12.4. The van der Waals surface area contributed by atoms with Gasteiger partial charge < -0.3 is 19.7 Å². The van der Waals surface area contributed by atoms with Gasteiger partial charge in [-0.05, 0) is 31.2 Å². The maximum atomic E-state index is 12.9. The monoisotopic (exact) mass is 417 g/mol. The molecule has 0 saturated carbocycles. The Kier molecular flexibility index (Phi) is 6.24. The van der Waals surface area contributed by atoms with Crippen LogP contribution in [0, 0.1) is 0 Å². The number of benzene rings is 1. The molecule has 4 rings (SSSR count). The van der Waals surface area contributed by atoms with E-state index < -0.39 is 0 Å². The van der Waals surface area contributed by atoms with Crippen molar-refractivity contribution in [2.75, 3.05) is 33.9 Å². The lowest BCUT2D eigenvalue weighted by molar-refractivity contribution is 0.0703. The number of carbonyl (C=O) groups excluding carboxylic acids is 1. The molecule has 1 aliphatic heterocycles. The smallest absolute Gasteiger partial charge is 0.274 e. The van der Waals surface area contributed by atoms with Crippen molar-refractivity contribution in [1.29, 1.82) is 0 Å². The number of hydrogen-bond acceptors (Lipinski definition) is 6. The number of methoxy groups -OCH3 is 2. The van der Waals surface area contributed by atoms with Gasteiger partial charge in [0, 0.05) is 43.5 Å². The fraction of sp³-hybridized carbons (Fsp3) is 0.350. The molecule has 0 bridgehead atoms. The molecule has 1 atom stereocenters. The number of nitrogens with zero attached hydrogens (tertiary/aromatic N) is 4. The molecule has 3 aromatic rings. The Balaban J connectivity index is 0.00000240. The van der Waals surface area contributed by atoms with Crippen LogP contribution in [-0.2, 0) is 0 Å². The van der Waals surface area contributed by atoms with Crippen LogP contribution in [0.3, 0.4) is 0 Å². The Hall–Kier alpha value is -2.84. The van der Waals surface area contributed by atoms with E-state index in [0.717, 1.165) is 17.8 Å². The number of hydrogen-bond donors (Lipinski definition) is 1. The minimum atomic E-state index is -0.0721. The summed E-state index contributed by atoms with van der Waals surface area (Å²) in [5.74, 6) is 1.21. The van der Waals surface area contributed by atoms with Gasteiger partial charge in [0.25, 0.3) is 5.91 Å². The van der Waals surface area contributed by atoms with Crippen LogP contribution in [0.15, 0.2) is 36.5 Å². The lowest BCUT2D eigenvalue weighted by Crippen LogP contribution is -2.51. The molecule has 1 fully saturated rings. The number of piperazine rings is 1. The molecular formula is C20H24ClN5O3. The summed E-state index contributed by atoms with van der Waals surface area (Å²) in [6, 6.07) is 9.53. The standard InChI is InChI=1S/C20H23N5O3.ClH/c1-13-12-24(9-8-21-13)20(26)15-11-19-22-7-6-16(25(19)23-15)14-4-5-17(27-2)18(10-14)28-3;/h4-7,10-11,13,21H,8-9,12H2,1-3H3;1H. The highest BCUT2D eigenvalue weighted by molar-refractivity contribution is 5.93. The van der Waals surface area contributed by atoms with Crippen LogP contribution in [0.2, 0.25) is 0 Å². The van der Waals surface area contributed by atoms with Crippen molar-refractivity contribution in [2.24, 2.45) is 0 Å². The number of aromatic nitrogens is 3. The number of halogens is 1. The Morgan fingerprint density at radius 3 is 2.69 bits per heavy atom. The van der Waals surface area contributed by atoms with Crippen molar-refractivity contribution in [2.45, 2.75) is 13.0 Å². The third kappa shape index (κ3) is 3.99. The molecule has 29 heavy (non-hydrogen) atoms. The van der Waals surface area contributed by atoms with E-state index in [0.29, 0.717) is 35.9 Å². The minimum absolute atomic E-state index is 0. The van der Waals surface area contributed by atoms with Gasteiger partial charge in [-0.2, -0.15) is 5.10 Å². The van der Waals surface area contributed by atoms with Gasteiger partial charge in [-0.15, -0.1) is 12.4 Å². The maximum Gasteiger partial charge on any atom is 0.274 e. The van der Waals surface area contributed by atoms with Gasteiger partial charge >= 0.3 is 0 Å². The average Bonchev–Trinajstić information content (AvgIpc) is 3.17. The van der Waals surface area contributed by atoms with Gasteiger partial charge in [-0.1, -0.05) is 0 Å². The zero-order valence-corrected chi connectivity index (χ0v) is 17.4. The van der Waals surface area contributed by atoms with Crippen LogP contribution in [0.1, 0.15) is 17.4 Å². The SMILES string of the molecule is COc1ccc(-c2ccnc3cc(C(=O)N4CCNC(C)C4)nn23)cc1OC.Cl. The van der Waals surface area contributed by atoms with Crippen molar-refractivity contribution in [3.05, 3.63) is 42.2 Å². The average molecular weight is 418 g/mol. The fourth-order valence-electron chi connectivity index (χ4n) is 3.49. The molecule has 1 unspecified atom stereocenters. The zero-order chi connectivity index (χ0) is 19.7. The summed E-state index contributed by atoms with van der Waals surface area (Å²) in [5.41, 5.74) is 2.73. The molecule has 1 amide bonds. The molecule has 1 N–H and O–H groups in total. The van der Waals surface area contributed by atoms with Crippen LogP contribution in [-0.4, -0.2) is 65.3 Å². The van der Waals surface area contributed by atoms with E-state index in [4.69, 9.17) is 9.47 Å². The third-order valence-corrected chi connectivity index (χ3v) is 4.91. The van der Waals surface area contributed by atoms with Gasteiger partial charge in [0.05, 0.1) is 19.9 Å². The summed E-state index contributed by atoms with van der Waals surface area (Å²) in [6.07, 6.45) is 1.71. The first-order chi connectivity index (χ1) is 13.6. The second kappa shape index (κ2) is 8.67. The fourth-order valence-corrected chi connectivity index (χ4v) is 3.49. The number of rotatable bonds is 4. The molecule has 1 aliphatic rings. The van der Waals surface area contributed by atoms with Crippen molar-refractivity contribution in [3.8, 4) is 22.8 Å². The molecule has 2 aromatic heterocycles. The lowest BCUT2D eigenvalue weighted by Gasteiger charge is -2.31. The van der Waals surface area contributed by atoms with Crippen LogP contribution in [0.5, 0.6) is 11.5 Å². The molecule has 1 saturated heterocycles. The van der Waals surface area contributed by atoms with Gasteiger partial charge in [0.2, 0.25) is 0 Å². The highest BCUT2D eigenvalue weighted by Crippen LogP contribution is 2.32. The molecule has 154 valence electrons. The topological polar surface area (TPSA) is 81.0 Å². The predicted molar refractivity (Wildman–Crippen MR) is 112 cm³/mol. The van der Waals surface area contributed by atoms with Gasteiger partial charge in [-0.3, -0.25) is 4.79 Å². The summed E-state index contributed by atoms with van der Waals surface area (Å²) >= 11 is 0. The molecular weight excluding hydrogens is 394 g/mol. The van der Waals surface area contributed by atoms with E-state index in [1.807, 2.05) is 29.2 Å². The molecule has 8 nitrogen and oxygen atoms in total. The van der Waals surface area contributed by atoms with E-state index in [1.54, 1.807) is 31.0 Å². The number of fused-ring (bicyclic) bond motifs is 1. The maximum absolute atomic E-state index is 12.9. The van der Waals surface area contributed by atoms with Crippen molar-refractivity contribution in [1.82, 2.24) is 24.8 Å². The van der Waals surface area contributed by atoms with Crippen molar-refractivity contribution in [3.63, 3.8) is 0 Å². The largest absolute Gasteiger partial charge is 0.493 e. The molecule has 1 aromatic carbocycles. The first-order valence-electron chi connectivity index (χ1n) is 9.20. The van der Waals surface area contributed by atoms with Crippen molar-refractivity contribution < 1.29 is 14.3 Å². The second-order valence-corrected chi connectivity index (χ2v) is 6.81. The second-order valence-electron chi connectivity index (χ2n) is 6.81. The zero-order valence-electron chi connectivity index (χ0n) is 16.6. The summed E-state index contributed by atoms with van der Waals surface area (Å²) in [7, 11) is 3.20. The Morgan fingerprint density at radius 1 is 1.17 bits per heavy atom. The molecule has 3 heterocycles. The normalized spacial score (nSPS) is 16.4. The first-order valence-corrected chi connectivity index (χ1v) is 9.20. The van der Waals surface area contributed by atoms with Crippen LogP contribution in [0.4, 0.5) is 0 Å². The van der Waals surface area contributed by atoms with E-state index >= 15 is 0 Å². The van der Waals surface area contributed by atoms with Crippen molar-refractivity contribution >= 4 is 24.0 Å². The number of carbonyl (C=O) groups is 1. The van der Waals surface area contributed by atoms with Crippen LogP contribution >= 0.6 is 12.4 Å². The van der Waals surface area contributed by atoms with E-state index in [9.17, 15) is 4.79 Å². The van der Waals surface area contributed by atoms with Crippen LogP contribution < -0.4 is 14.8 Å². The van der Waals surface area contributed by atoms with Gasteiger partial charge in [-0.25, -0.2) is 9.50 Å². The van der Waals surface area contributed by atoms with E-state index in [1.165, 1.54) is 0 Å². The molecule has 9 heteroatoms. The Bertz CT molecular complexity index is 1020. The summed E-state index contributed by atoms with van der Waals surface area (Å²) in [6.45, 7) is 4.20. The minimum Gasteiger partial charge on any atom is -0.493 e. The van der Waals surface area contributed by atoms with E-state index in [2.05, 4.69) is 22.3 Å². The number of nitrogens with one attached hydrogen (secondary N) is 1. The summed E-state index contributed by atoms with van der Waals surface area (Å²) in [5, 5.41) is 7.90. The molecule has 0 radical (unpaired) electrons.